The van der Waals surface area contributed by atoms with E-state index in [-0.39, 0.29) is 17.2 Å². The summed E-state index contributed by atoms with van der Waals surface area (Å²) in [5.74, 6) is 0.711. The normalized spacial score (nSPS) is 25.7. The number of rotatable bonds is 3. The average molecular weight is 268 g/mol. The van der Waals surface area contributed by atoms with Gasteiger partial charge in [-0.2, -0.15) is 0 Å². The van der Waals surface area contributed by atoms with E-state index < -0.39 is 5.54 Å². The molecule has 1 aliphatic rings. The van der Waals surface area contributed by atoms with Crippen LogP contribution >= 0.6 is 0 Å². The van der Waals surface area contributed by atoms with Gasteiger partial charge in [-0.15, -0.1) is 0 Å². The summed E-state index contributed by atoms with van der Waals surface area (Å²) in [4.78, 5) is 26.3. The number of hydrogen-bond donors (Lipinski definition) is 1. The van der Waals surface area contributed by atoms with Gasteiger partial charge in [0.1, 0.15) is 5.78 Å². The highest BCUT2D eigenvalue weighted by molar-refractivity contribution is 5.90. The molecule has 0 aromatic heterocycles. The van der Waals surface area contributed by atoms with Gasteiger partial charge in [0.2, 0.25) is 5.91 Å². The van der Waals surface area contributed by atoms with Crippen LogP contribution in [0.1, 0.15) is 54.4 Å². The summed E-state index contributed by atoms with van der Waals surface area (Å²) in [7, 11) is 0. The van der Waals surface area contributed by atoms with Crippen molar-refractivity contribution in [2.24, 2.45) is 5.92 Å². The van der Waals surface area contributed by atoms with Crippen molar-refractivity contribution >= 4 is 11.7 Å². The topological polar surface area (TPSA) is 49.4 Å². The molecule has 4 heteroatoms. The second-order valence-electron chi connectivity index (χ2n) is 7.29. The van der Waals surface area contributed by atoms with Gasteiger partial charge in [0, 0.05) is 18.5 Å². The third kappa shape index (κ3) is 4.30. The van der Waals surface area contributed by atoms with Gasteiger partial charge >= 0.3 is 0 Å². The Kier molecular flexibility index (Phi) is 4.77. The highest BCUT2D eigenvalue weighted by Crippen LogP contribution is 2.28. The first-order valence-electron chi connectivity index (χ1n) is 7.14. The predicted molar refractivity (Wildman–Crippen MR) is 77.0 cm³/mol. The molecule has 0 aliphatic carbocycles. The average Bonchev–Trinajstić information content (AvgIpc) is 2.20. The Bertz CT molecular complexity index is 358. The van der Waals surface area contributed by atoms with E-state index in [1.165, 1.54) is 0 Å². The third-order valence-electron chi connectivity index (χ3n) is 3.52. The van der Waals surface area contributed by atoms with Crippen LogP contribution in [-0.4, -0.2) is 40.8 Å². The van der Waals surface area contributed by atoms with Crippen LogP contribution in [-0.2, 0) is 9.59 Å². The highest BCUT2D eigenvalue weighted by atomic mass is 16.2. The molecule has 1 aliphatic heterocycles. The Morgan fingerprint density at radius 3 is 2.47 bits per heavy atom. The number of nitrogens with zero attached hydrogens (tertiary/aromatic N) is 1. The number of ketones is 1. The molecule has 4 nitrogen and oxygen atoms in total. The fraction of sp³-hybridized carbons (Fsp3) is 0.867. The molecule has 0 radical (unpaired) electrons. The molecule has 1 heterocycles. The zero-order chi connectivity index (χ0) is 14.8. The van der Waals surface area contributed by atoms with Gasteiger partial charge in [-0.25, -0.2) is 0 Å². The van der Waals surface area contributed by atoms with Gasteiger partial charge in [0.25, 0.3) is 0 Å². The quantitative estimate of drug-likeness (QED) is 0.851. The molecule has 0 saturated carbocycles. The molecule has 0 bridgehead atoms. The minimum absolute atomic E-state index is 0.0353. The summed E-state index contributed by atoms with van der Waals surface area (Å²) >= 11 is 0. The van der Waals surface area contributed by atoms with Gasteiger partial charge in [0.15, 0.2) is 0 Å². The van der Waals surface area contributed by atoms with E-state index in [1.807, 2.05) is 32.6 Å². The molecule has 19 heavy (non-hydrogen) atoms. The van der Waals surface area contributed by atoms with Crippen LogP contribution in [0, 0.1) is 5.92 Å². The van der Waals surface area contributed by atoms with Crippen LogP contribution in [0.15, 0.2) is 0 Å². The zero-order valence-corrected chi connectivity index (χ0v) is 13.2. The second kappa shape index (κ2) is 5.61. The van der Waals surface area contributed by atoms with E-state index in [9.17, 15) is 9.59 Å². The molecule has 1 fully saturated rings. The first-order valence-corrected chi connectivity index (χ1v) is 7.14. The van der Waals surface area contributed by atoms with Crippen LogP contribution in [0.5, 0.6) is 0 Å². The summed E-state index contributed by atoms with van der Waals surface area (Å²) < 4.78 is 0. The number of carbonyl (C=O) groups is 2. The Hall–Kier alpha value is -0.900. The molecule has 1 N–H and O–H groups in total. The monoisotopic (exact) mass is 268 g/mol. The zero-order valence-electron chi connectivity index (χ0n) is 13.2. The maximum Gasteiger partial charge on any atom is 0.240 e. The van der Waals surface area contributed by atoms with Crippen molar-refractivity contribution in [2.75, 3.05) is 13.1 Å². The lowest BCUT2D eigenvalue weighted by Gasteiger charge is -2.44. The largest absolute Gasteiger partial charge is 0.350 e. The molecule has 1 amide bonds. The molecule has 1 saturated heterocycles. The number of Topliss-reactive ketones (excluding diaryl/α,β-unsaturated/α-hetero) is 1. The molecule has 0 spiro atoms. The Morgan fingerprint density at radius 2 is 2.00 bits per heavy atom. The number of piperidine rings is 1. The van der Waals surface area contributed by atoms with Crippen LogP contribution in [0.3, 0.4) is 0 Å². The lowest BCUT2D eigenvalue weighted by atomic mass is 9.85. The van der Waals surface area contributed by atoms with Crippen molar-refractivity contribution in [2.45, 2.75) is 65.5 Å². The van der Waals surface area contributed by atoms with Crippen molar-refractivity contribution in [3.05, 3.63) is 0 Å². The minimum atomic E-state index is -0.564. The third-order valence-corrected chi connectivity index (χ3v) is 3.52. The SMILES string of the molecule is CC(C)CN1CC(=O)CCC1(C)C(=O)NC(C)(C)C. The Balaban J connectivity index is 2.90. The van der Waals surface area contributed by atoms with E-state index in [0.717, 1.165) is 6.54 Å². The Labute approximate surface area is 116 Å². The fourth-order valence-electron chi connectivity index (χ4n) is 2.45. The second-order valence-corrected chi connectivity index (χ2v) is 7.29. The number of nitrogens with one attached hydrogen (secondary N) is 1. The number of amides is 1. The smallest absolute Gasteiger partial charge is 0.240 e. The van der Waals surface area contributed by atoms with E-state index in [2.05, 4.69) is 19.2 Å². The van der Waals surface area contributed by atoms with Crippen molar-refractivity contribution in [3.8, 4) is 0 Å². The number of hydrogen-bond acceptors (Lipinski definition) is 3. The first-order chi connectivity index (χ1) is 8.54. The molecule has 110 valence electrons. The Morgan fingerprint density at radius 1 is 1.42 bits per heavy atom. The van der Waals surface area contributed by atoms with Gasteiger partial charge < -0.3 is 5.32 Å². The van der Waals surface area contributed by atoms with Gasteiger partial charge in [0.05, 0.1) is 12.1 Å². The number of likely N-dealkylation sites (tertiary alicyclic amines) is 1. The van der Waals surface area contributed by atoms with Gasteiger partial charge in [-0.1, -0.05) is 13.8 Å². The van der Waals surface area contributed by atoms with Gasteiger partial charge in [-0.05, 0) is 40.0 Å². The number of carbonyl (C=O) groups excluding carboxylic acids is 2. The lowest BCUT2D eigenvalue weighted by Crippen LogP contribution is -2.63. The summed E-state index contributed by atoms with van der Waals surface area (Å²) in [5.41, 5.74) is -0.809. The highest BCUT2D eigenvalue weighted by Gasteiger charge is 2.44. The van der Waals surface area contributed by atoms with Crippen molar-refractivity contribution in [3.63, 3.8) is 0 Å². The van der Waals surface area contributed by atoms with Crippen LogP contribution < -0.4 is 5.32 Å². The summed E-state index contributed by atoms with van der Waals surface area (Å²) in [5, 5.41) is 3.06. The fourth-order valence-corrected chi connectivity index (χ4v) is 2.45. The molecule has 0 aromatic carbocycles. The molecular weight excluding hydrogens is 240 g/mol. The predicted octanol–water partition coefficient (Wildman–Crippen LogP) is 1.98. The molecule has 0 aromatic rings. The molecule has 1 unspecified atom stereocenters. The first kappa shape index (κ1) is 16.2. The van der Waals surface area contributed by atoms with Crippen LogP contribution in [0.2, 0.25) is 0 Å². The summed E-state index contributed by atoms with van der Waals surface area (Å²) in [6, 6.07) is 0. The van der Waals surface area contributed by atoms with E-state index >= 15 is 0 Å². The summed E-state index contributed by atoms with van der Waals surface area (Å²) in [6.07, 6.45) is 1.11. The maximum atomic E-state index is 12.6. The van der Waals surface area contributed by atoms with Crippen LogP contribution in [0.25, 0.3) is 0 Å². The molecule has 1 atom stereocenters. The van der Waals surface area contributed by atoms with Crippen LogP contribution in [0.4, 0.5) is 0 Å². The maximum absolute atomic E-state index is 12.6. The lowest BCUT2D eigenvalue weighted by molar-refractivity contribution is -0.141. The standard InChI is InChI=1S/C15H28N2O2/c1-11(2)9-17-10-12(18)7-8-15(17,6)13(19)16-14(3,4)5/h11H,7-10H2,1-6H3,(H,16,19). The van der Waals surface area contributed by atoms with Crippen molar-refractivity contribution in [1.82, 2.24) is 10.2 Å². The molecule has 1 rings (SSSR count). The van der Waals surface area contributed by atoms with E-state index in [1.54, 1.807) is 0 Å². The van der Waals surface area contributed by atoms with E-state index in [4.69, 9.17) is 0 Å². The van der Waals surface area contributed by atoms with Crippen molar-refractivity contribution < 1.29 is 9.59 Å². The van der Waals surface area contributed by atoms with Gasteiger partial charge in [-0.3, -0.25) is 14.5 Å². The minimum Gasteiger partial charge on any atom is -0.350 e. The molecular formula is C15H28N2O2. The van der Waals surface area contributed by atoms with Crippen molar-refractivity contribution in [1.29, 1.82) is 0 Å². The summed E-state index contributed by atoms with van der Waals surface area (Å²) in [6.45, 7) is 13.3. The van der Waals surface area contributed by atoms with E-state index in [0.29, 0.717) is 25.3 Å².